The fraction of sp³-hybridized carbons (Fsp3) is 0.500. The van der Waals surface area contributed by atoms with Gasteiger partial charge in [0.2, 0.25) is 0 Å². The van der Waals surface area contributed by atoms with Gasteiger partial charge >= 0.3 is 5.63 Å². The molecule has 0 aliphatic heterocycles. The summed E-state index contributed by atoms with van der Waals surface area (Å²) in [4.78, 5) is 14.4. The van der Waals surface area contributed by atoms with Crippen molar-refractivity contribution in [1.29, 1.82) is 0 Å². The molecule has 2 aromatic rings. The second-order valence-electron chi connectivity index (χ2n) is 5.93. The molecule has 0 saturated carbocycles. The number of hydrogen-bond donors (Lipinski definition) is 1. The Labute approximate surface area is 132 Å². The van der Waals surface area contributed by atoms with Gasteiger partial charge in [0.05, 0.1) is 11.3 Å². The largest absolute Gasteiger partial charge is 0.422 e. The van der Waals surface area contributed by atoms with Gasteiger partial charge in [-0.2, -0.15) is 0 Å². The van der Waals surface area contributed by atoms with Crippen molar-refractivity contribution < 1.29 is 4.42 Å². The quantitative estimate of drug-likeness (QED) is 0.599. The second kappa shape index (κ2) is 7.99. The van der Waals surface area contributed by atoms with E-state index >= 15 is 0 Å². The van der Waals surface area contributed by atoms with E-state index in [0.29, 0.717) is 5.58 Å². The molecule has 22 heavy (non-hydrogen) atoms. The van der Waals surface area contributed by atoms with Crippen molar-refractivity contribution in [2.24, 2.45) is 0 Å². The Bertz CT molecular complexity index is 662. The predicted octanol–water partition coefficient (Wildman–Crippen LogP) is 3.50. The van der Waals surface area contributed by atoms with Gasteiger partial charge in [-0.15, -0.1) is 0 Å². The average Bonchev–Trinajstić information content (AvgIpc) is 2.50. The zero-order chi connectivity index (χ0) is 15.9. The van der Waals surface area contributed by atoms with Crippen molar-refractivity contribution in [1.82, 2.24) is 4.90 Å². The maximum atomic E-state index is 12.3. The van der Waals surface area contributed by atoms with Crippen molar-refractivity contribution in [3.05, 3.63) is 40.2 Å². The van der Waals surface area contributed by atoms with Gasteiger partial charge in [0.25, 0.3) is 0 Å². The second-order valence-corrected chi connectivity index (χ2v) is 5.93. The topological polar surface area (TPSA) is 45.5 Å². The Hall–Kier alpha value is -1.81. The van der Waals surface area contributed by atoms with Crippen LogP contribution < -0.4 is 10.9 Å². The molecule has 0 aliphatic rings. The number of nitrogens with one attached hydrogen (secondary N) is 1. The standard InChI is InChI=1S/C18H26N2O2/c1-4-5-9-15-17(19-12-8-13-20(2)3)14-10-6-7-11-16(14)22-18(15)21/h6-7,10-11,19H,4-5,8-9,12-13H2,1-3H3. The van der Waals surface area contributed by atoms with E-state index < -0.39 is 0 Å². The third-order valence-electron chi connectivity index (χ3n) is 3.77. The highest BCUT2D eigenvalue weighted by Gasteiger charge is 2.13. The Morgan fingerprint density at radius 2 is 1.95 bits per heavy atom. The van der Waals surface area contributed by atoms with Crippen LogP contribution >= 0.6 is 0 Å². The number of hydrogen-bond acceptors (Lipinski definition) is 4. The third-order valence-corrected chi connectivity index (χ3v) is 3.77. The molecule has 120 valence electrons. The van der Waals surface area contributed by atoms with E-state index in [2.05, 4.69) is 31.2 Å². The Morgan fingerprint density at radius 3 is 2.68 bits per heavy atom. The fourth-order valence-corrected chi connectivity index (χ4v) is 2.58. The molecule has 4 heteroatoms. The zero-order valence-corrected chi connectivity index (χ0v) is 13.8. The highest BCUT2D eigenvalue weighted by atomic mass is 16.4. The maximum absolute atomic E-state index is 12.3. The molecule has 0 unspecified atom stereocenters. The van der Waals surface area contributed by atoms with E-state index in [1.807, 2.05) is 24.3 Å². The summed E-state index contributed by atoms with van der Waals surface area (Å²) in [7, 11) is 4.14. The lowest BCUT2D eigenvalue weighted by Gasteiger charge is -2.15. The van der Waals surface area contributed by atoms with Crippen LogP contribution in [0.5, 0.6) is 0 Å². The first-order chi connectivity index (χ1) is 10.6. The van der Waals surface area contributed by atoms with E-state index in [9.17, 15) is 4.79 Å². The summed E-state index contributed by atoms with van der Waals surface area (Å²) in [6, 6.07) is 7.75. The number of fused-ring (bicyclic) bond motifs is 1. The van der Waals surface area contributed by atoms with Gasteiger partial charge < -0.3 is 14.6 Å². The van der Waals surface area contributed by atoms with Gasteiger partial charge in [0.1, 0.15) is 5.58 Å². The van der Waals surface area contributed by atoms with Crippen molar-refractivity contribution in [2.75, 3.05) is 32.5 Å². The van der Waals surface area contributed by atoms with Gasteiger partial charge in [-0.25, -0.2) is 4.79 Å². The van der Waals surface area contributed by atoms with Gasteiger partial charge in [-0.1, -0.05) is 25.5 Å². The van der Waals surface area contributed by atoms with Crippen LogP contribution in [-0.2, 0) is 6.42 Å². The van der Waals surface area contributed by atoms with Crippen LogP contribution in [0.2, 0.25) is 0 Å². The minimum absolute atomic E-state index is 0.206. The van der Waals surface area contributed by atoms with Crippen LogP contribution in [0.25, 0.3) is 11.0 Å². The lowest BCUT2D eigenvalue weighted by Crippen LogP contribution is -2.18. The summed E-state index contributed by atoms with van der Waals surface area (Å²) < 4.78 is 5.47. The Morgan fingerprint density at radius 1 is 1.18 bits per heavy atom. The Balaban J connectivity index is 2.31. The van der Waals surface area contributed by atoms with Crippen molar-refractivity contribution in [2.45, 2.75) is 32.6 Å². The van der Waals surface area contributed by atoms with E-state index in [-0.39, 0.29) is 5.63 Å². The highest BCUT2D eigenvalue weighted by molar-refractivity contribution is 5.91. The molecule has 0 aliphatic carbocycles. The normalized spacial score (nSPS) is 11.3. The lowest BCUT2D eigenvalue weighted by atomic mass is 10.1. The van der Waals surface area contributed by atoms with Gasteiger partial charge in [0, 0.05) is 11.9 Å². The molecule has 4 nitrogen and oxygen atoms in total. The van der Waals surface area contributed by atoms with E-state index in [0.717, 1.165) is 55.4 Å². The van der Waals surface area contributed by atoms with Crippen LogP contribution in [0.15, 0.2) is 33.5 Å². The van der Waals surface area contributed by atoms with Crippen molar-refractivity contribution >= 4 is 16.7 Å². The number of para-hydroxylation sites is 1. The van der Waals surface area contributed by atoms with Crippen molar-refractivity contribution in [3.8, 4) is 0 Å². The molecule has 0 saturated heterocycles. The lowest BCUT2D eigenvalue weighted by molar-refractivity contribution is 0.405. The molecular formula is C18H26N2O2. The van der Waals surface area contributed by atoms with Crippen LogP contribution in [-0.4, -0.2) is 32.1 Å². The number of benzene rings is 1. The minimum Gasteiger partial charge on any atom is -0.422 e. The maximum Gasteiger partial charge on any atom is 0.341 e. The Kier molecular flexibility index (Phi) is 6.01. The summed E-state index contributed by atoms with van der Waals surface area (Å²) >= 11 is 0. The molecule has 0 amide bonds. The molecule has 1 N–H and O–H groups in total. The first kappa shape index (κ1) is 16.6. The number of anilines is 1. The fourth-order valence-electron chi connectivity index (χ4n) is 2.58. The highest BCUT2D eigenvalue weighted by Crippen LogP contribution is 2.26. The third kappa shape index (κ3) is 4.10. The van der Waals surface area contributed by atoms with Crippen LogP contribution in [0.4, 0.5) is 5.69 Å². The van der Waals surface area contributed by atoms with Crippen molar-refractivity contribution in [3.63, 3.8) is 0 Å². The molecule has 0 radical (unpaired) electrons. The molecule has 0 atom stereocenters. The summed E-state index contributed by atoms with van der Waals surface area (Å²) in [6.45, 7) is 4.01. The van der Waals surface area contributed by atoms with E-state index in [1.54, 1.807) is 0 Å². The molecule has 0 bridgehead atoms. The molecule has 1 aromatic heterocycles. The zero-order valence-electron chi connectivity index (χ0n) is 13.8. The number of rotatable bonds is 8. The van der Waals surface area contributed by atoms with Gasteiger partial charge in [-0.3, -0.25) is 0 Å². The monoisotopic (exact) mass is 302 g/mol. The first-order valence-corrected chi connectivity index (χ1v) is 8.06. The number of nitrogens with zero attached hydrogens (tertiary/aromatic N) is 1. The predicted molar refractivity (Wildman–Crippen MR) is 92.8 cm³/mol. The first-order valence-electron chi connectivity index (χ1n) is 8.06. The van der Waals surface area contributed by atoms with Crippen LogP contribution in [0.3, 0.4) is 0 Å². The molecule has 0 spiro atoms. The van der Waals surface area contributed by atoms with Crippen LogP contribution in [0.1, 0.15) is 31.7 Å². The molecular weight excluding hydrogens is 276 g/mol. The summed E-state index contributed by atoms with van der Waals surface area (Å²) in [5, 5.41) is 4.47. The van der Waals surface area contributed by atoms with E-state index in [1.165, 1.54) is 0 Å². The summed E-state index contributed by atoms with van der Waals surface area (Å²) in [5.74, 6) is 0. The molecule has 0 fully saturated rings. The van der Waals surface area contributed by atoms with Gasteiger partial charge in [-0.05, 0) is 52.0 Å². The van der Waals surface area contributed by atoms with E-state index in [4.69, 9.17) is 4.42 Å². The SMILES string of the molecule is CCCCc1c(NCCCN(C)C)c2ccccc2oc1=O. The molecule has 1 aromatic carbocycles. The van der Waals surface area contributed by atoms with Crippen LogP contribution in [0, 0.1) is 0 Å². The molecule has 2 rings (SSSR count). The summed E-state index contributed by atoms with van der Waals surface area (Å²) in [5.41, 5.74) is 2.19. The van der Waals surface area contributed by atoms with Gasteiger partial charge in [0.15, 0.2) is 0 Å². The number of unbranched alkanes of at least 4 members (excludes halogenated alkanes) is 1. The minimum atomic E-state index is -0.206. The summed E-state index contributed by atoms with van der Waals surface area (Å²) in [6.07, 6.45) is 3.86. The molecule has 1 heterocycles. The smallest absolute Gasteiger partial charge is 0.341 e. The average molecular weight is 302 g/mol.